The van der Waals surface area contributed by atoms with Crippen LogP contribution in [0.2, 0.25) is 0 Å². The third kappa shape index (κ3) is 4.43. The molecule has 0 spiro atoms. The van der Waals surface area contributed by atoms with Crippen LogP contribution in [0.3, 0.4) is 0 Å². The zero-order valence-corrected chi connectivity index (χ0v) is 13.0. The first-order chi connectivity index (χ1) is 10.4. The van der Waals surface area contributed by atoms with Crippen molar-refractivity contribution >= 4 is 28.7 Å². The summed E-state index contributed by atoms with van der Waals surface area (Å²) in [6.07, 6.45) is -0.180. The number of hydrogen-bond acceptors (Lipinski definition) is 2. The van der Waals surface area contributed by atoms with Crippen molar-refractivity contribution in [3.8, 4) is 0 Å². The molecule has 0 heterocycles. The zero-order chi connectivity index (χ0) is 16.2. The summed E-state index contributed by atoms with van der Waals surface area (Å²) >= 11 is 5.03. The Hall–Kier alpha value is -1.63. The van der Waals surface area contributed by atoms with E-state index in [2.05, 4.69) is 22.8 Å². The predicted octanol–water partition coefficient (Wildman–Crippen LogP) is 4.56. The molecular weight excluding hydrogens is 311 g/mol. The number of hydrogen-bond donors (Lipinski definition) is 2. The molecule has 7 heteroatoms. The molecular formula is C15H18F3N3S. The third-order valence-corrected chi connectivity index (χ3v) is 3.86. The molecule has 0 amide bonds. The van der Waals surface area contributed by atoms with E-state index in [1.54, 1.807) is 0 Å². The Morgan fingerprint density at radius 1 is 1.27 bits per heavy atom. The van der Waals surface area contributed by atoms with Crippen LogP contribution < -0.4 is 10.7 Å². The van der Waals surface area contributed by atoms with Gasteiger partial charge < -0.3 is 5.32 Å². The lowest BCUT2D eigenvalue weighted by molar-refractivity contribution is -0.136. The Balaban J connectivity index is 2.02. The standard InChI is InChI=1S/C15H18F3N3S/c1-10-6-2-4-8-12(10)20-21-14(22)19-13-9-5-3-7-11(13)15(16,17)18/h3,5,7,9-10H,2,4,6,8H2,1H3,(H2,19,21,22)/b20-12+. The van der Waals surface area contributed by atoms with Crippen LogP contribution in [0.4, 0.5) is 18.9 Å². The van der Waals surface area contributed by atoms with Gasteiger partial charge in [0.2, 0.25) is 0 Å². The van der Waals surface area contributed by atoms with Crippen LogP contribution in [0.1, 0.15) is 38.2 Å². The summed E-state index contributed by atoms with van der Waals surface area (Å²) < 4.78 is 38.7. The second-order valence-corrected chi connectivity index (χ2v) is 5.77. The second kappa shape index (κ2) is 7.09. The van der Waals surface area contributed by atoms with Crippen molar-refractivity contribution in [3.05, 3.63) is 29.8 Å². The van der Waals surface area contributed by atoms with Gasteiger partial charge in [-0.15, -0.1) is 0 Å². The Morgan fingerprint density at radius 2 is 2.00 bits per heavy atom. The summed E-state index contributed by atoms with van der Waals surface area (Å²) in [4.78, 5) is 0. The summed E-state index contributed by atoms with van der Waals surface area (Å²) in [5.74, 6) is 0.381. The van der Waals surface area contributed by atoms with Gasteiger partial charge in [0.1, 0.15) is 0 Å². The largest absolute Gasteiger partial charge is 0.418 e. The van der Waals surface area contributed by atoms with Crippen LogP contribution in [-0.4, -0.2) is 10.8 Å². The minimum Gasteiger partial charge on any atom is -0.331 e. The van der Waals surface area contributed by atoms with E-state index in [1.165, 1.54) is 24.6 Å². The number of nitrogens with one attached hydrogen (secondary N) is 2. The van der Waals surface area contributed by atoms with Gasteiger partial charge in [-0.3, -0.25) is 5.43 Å². The highest BCUT2D eigenvalue weighted by molar-refractivity contribution is 7.80. The van der Waals surface area contributed by atoms with Gasteiger partial charge in [-0.25, -0.2) is 0 Å². The lowest BCUT2D eigenvalue weighted by Crippen LogP contribution is -2.28. The summed E-state index contributed by atoms with van der Waals surface area (Å²) in [5, 5.41) is 6.86. The van der Waals surface area contributed by atoms with Gasteiger partial charge in [0.25, 0.3) is 0 Å². The molecule has 3 nitrogen and oxygen atoms in total. The quantitative estimate of drug-likeness (QED) is 0.617. The fraction of sp³-hybridized carbons (Fsp3) is 0.467. The monoisotopic (exact) mass is 329 g/mol. The lowest BCUT2D eigenvalue weighted by atomic mass is 9.89. The molecule has 0 aromatic heterocycles. The average molecular weight is 329 g/mol. The SMILES string of the molecule is CC1CCCC/C1=N\NC(=S)Nc1ccccc1C(F)(F)F. The number of nitrogens with zero attached hydrogens (tertiary/aromatic N) is 1. The molecule has 1 aliphatic carbocycles. The minimum atomic E-state index is -4.43. The highest BCUT2D eigenvalue weighted by atomic mass is 32.1. The van der Waals surface area contributed by atoms with Crippen molar-refractivity contribution in [2.75, 3.05) is 5.32 Å². The van der Waals surface area contributed by atoms with Crippen molar-refractivity contribution in [3.63, 3.8) is 0 Å². The molecule has 22 heavy (non-hydrogen) atoms. The summed E-state index contributed by atoms with van der Waals surface area (Å²) in [6.45, 7) is 2.09. The first-order valence-corrected chi connectivity index (χ1v) is 7.58. The molecule has 1 saturated carbocycles. The van der Waals surface area contributed by atoms with E-state index in [9.17, 15) is 13.2 Å². The number of hydrazone groups is 1. The molecule has 2 N–H and O–H groups in total. The van der Waals surface area contributed by atoms with Gasteiger partial charge >= 0.3 is 6.18 Å². The van der Waals surface area contributed by atoms with E-state index in [0.717, 1.165) is 31.0 Å². The lowest BCUT2D eigenvalue weighted by Gasteiger charge is -2.20. The highest BCUT2D eigenvalue weighted by Gasteiger charge is 2.33. The van der Waals surface area contributed by atoms with Gasteiger partial charge in [-0.2, -0.15) is 18.3 Å². The Kier molecular flexibility index (Phi) is 5.39. The first-order valence-electron chi connectivity index (χ1n) is 7.17. The van der Waals surface area contributed by atoms with E-state index in [1.807, 2.05) is 0 Å². The fourth-order valence-corrected chi connectivity index (χ4v) is 2.60. The number of benzene rings is 1. The maximum atomic E-state index is 12.9. The number of rotatable bonds is 2. The van der Waals surface area contributed by atoms with Gasteiger partial charge in [0, 0.05) is 5.71 Å². The fourth-order valence-electron chi connectivity index (χ4n) is 2.45. The molecule has 1 aromatic rings. The maximum Gasteiger partial charge on any atom is 0.418 e. The van der Waals surface area contributed by atoms with Crippen LogP contribution in [-0.2, 0) is 6.18 Å². The molecule has 0 radical (unpaired) electrons. The van der Waals surface area contributed by atoms with Crippen LogP contribution in [0.5, 0.6) is 0 Å². The van der Waals surface area contributed by atoms with Crippen molar-refractivity contribution < 1.29 is 13.2 Å². The van der Waals surface area contributed by atoms with E-state index >= 15 is 0 Å². The molecule has 120 valence electrons. The Labute approximate surface area is 133 Å². The van der Waals surface area contributed by atoms with Crippen LogP contribution in [0.15, 0.2) is 29.4 Å². The minimum absolute atomic E-state index is 0.0574. The summed E-state index contributed by atoms with van der Waals surface area (Å²) in [5.41, 5.74) is 2.83. The zero-order valence-electron chi connectivity index (χ0n) is 12.2. The molecule has 0 bridgehead atoms. The van der Waals surface area contributed by atoms with Crippen LogP contribution >= 0.6 is 12.2 Å². The molecule has 0 saturated heterocycles. The van der Waals surface area contributed by atoms with Crippen molar-refractivity contribution in [1.82, 2.24) is 5.43 Å². The number of alkyl halides is 3. The van der Waals surface area contributed by atoms with Crippen molar-refractivity contribution in [2.24, 2.45) is 11.0 Å². The van der Waals surface area contributed by atoms with Gasteiger partial charge in [0.05, 0.1) is 11.3 Å². The Morgan fingerprint density at radius 3 is 2.68 bits per heavy atom. The molecule has 1 aliphatic rings. The van der Waals surface area contributed by atoms with Gasteiger partial charge in [-0.05, 0) is 49.5 Å². The highest BCUT2D eigenvalue weighted by Crippen LogP contribution is 2.34. The number of thiocarbonyl (C=S) groups is 1. The third-order valence-electron chi connectivity index (χ3n) is 3.67. The van der Waals surface area contributed by atoms with E-state index in [4.69, 9.17) is 12.2 Å². The molecule has 0 aliphatic heterocycles. The van der Waals surface area contributed by atoms with E-state index < -0.39 is 11.7 Å². The van der Waals surface area contributed by atoms with Gasteiger partial charge in [0.15, 0.2) is 5.11 Å². The smallest absolute Gasteiger partial charge is 0.331 e. The summed E-state index contributed by atoms with van der Waals surface area (Å²) in [6, 6.07) is 5.22. The maximum absolute atomic E-state index is 12.9. The average Bonchev–Trinajstić information content (AvgIpc) is 2.46. The predicted molar refractivity (Wildman–Crippen MR) is 85.9 cm³/mol. The molecule has 2 rings (SSSR count). The number of para-hydroxylation sites is 1. The molecule has 1 aromatic carbocycles. The van der Waals surface area contributed by atoms with Gasteiger partial charge in [-0.1, -0.05) is 25.5 Å². The topological polar surface area (TPSA) is 36.4 Å². The van der Waals surface area contributed by atoms with Crippen LogP contribution in [0.25, 0.3) is 0 Å². The second-order valence-electron chi connectivity index (χ2n) is 5.36. The Bertz CT molecular complexity index is 569. The normalized spacial score (nSPS) is 20.7. The van der Waals surface area contributed by atoms with E-state index in [-0.39, 0.29) is 10.8 Å². The summed E-state index contributed by atoms with van der Waals surface area (Å²) in [7, 11) is 0. The molecule has 1 unspecified atom stereocenters. The number of anilines is 1. The van der Waals surface area contributed by atoms with Crippen LogP contribution in [0, 0.1) is 5.92 Å². The number of halogens is 3. The molecule has 1 fully saturated rings. The van der Waals surface area contributed by atoms with Crippen molar-refractivity contribution in [1.29, 1.82) is 0 Å². The first kappa shape index (κ1) is 16.7. The van der Waals surface area contributed by atoms with Crippen molar-refractivity contribution in [2.45, 2.75) is 38.8 Å². The molecule has 1 atom stereocenters. The van der Waals surface area contributed by atoms with E-state index in [0.29, 0.717) is 5.92 Å².